The first kappa shape index (κ1) is 15.6. The molecule has 2 amide bonds. The topological polar surface area (TPSA) is 62.7 Å². The summed E-state index contributed by atoms with van der Waals surface area (Å²) in [6.45, 7) is 1.29. The van der Waals surface area contributed by atoms with Gasteiger partial charge < -0.3 is 15.4 Å². The van der Waals surface area contributed by atoms with Crippen molar-refractivity contribution >= 4 is 46.5 Å². The first-order valence-corrected chi connectivity index (χ1v) is 7.68. The molecule has 0 spiro atoms. The highest BCUT2D eigenvalue weighted by Gasteiger charge is 2.10. The first-order chi connectivity index (χ1) is 11.1. The summed E-state index contributed by atoms with van der Waals surface area (Å²) in [7, 11) is 0. The second-order valence-corrected chi connectivity index (χ2v) is 5.64. The number of urea groups is 1. The predicted octanol–water partition coefficient (Wildman–Crippen LogP) is 4.41. The number of nitrogens with one attached hydrogen (secondary N) is 2. The third-order valence-electron chi connectivity index (χ3n) is 3.15. The standard InChI is InChI=1S/C16H13Cl2N3O2/c17-13-6-5-12(9-14(13)18)21-16(22)20-11-3-1-10(2-4-11)15-19-7-8-23-15/h1-6,9H,7-8H2,(H2,20,21,22). The van der Waals surface area contributed by atoms with Gasteiger partial charge in [0.2, 0.25) is 5.90 Å². The smallest absolute Gasteiger partial charge is 0.323 e. The van der Waals surface area contributed by atoms with Crippen LogP contribution in [0, 0.1) is 0 Å². The van der Waals surface area contributed by atoms with Crippen LogP contribution in [0.5, 0.6) is 0 Å². The van der Waals surface area contributed by atoms with Gasteiger partial charge in [-0.3, -0.25) is 0 Å². The molecule has 2 N–H and O–H groups in total. The highest BCUT2D eigenvalue weighted by molar-refractivity contribution is 6.42. The maximum absolute atomic E-state index is 12.0. The van der Waals surface area contributed by atoms with E-state index in [0.717, 1.165) is 5.56 Å². The van der Waals surface area contributed by atoms with Gasteiger partial charge in [0.25, 0.3) is 0 Å². The molecule has 0 saturated heterocycles. The minimum atomic E-state index is -0.370. The van der Waals surface area contributed by atoms with E-state index in [1.807, 2.05) is 12.1 Å². The predicted molar refractivity (Wildman–Crippen MR) is 92.9 cm³/mol. The van der Waals surface area contributed by atoms with E-state index < -0.39 is 0 Å². The molecule has 0 bridgehead atoms. The molecule has 3 rings (SSSR count). The molecule has 1 aliphatic rings. The number of amides is 2. The minimum absolute atomic E-state index is 0.370. The second-order valence-electron chi connectivity index (χ2n) is 4.82. The van der Waals surface area contributed by atoms with Crippen molar-refractivity contribution < 1.29 is 9.53 Å². The van der Waals surface area contributed by atoms with E-state index in [4.69, 9.17) is 27.9 Å². The fraction of sp³-hybridized carbons (Fsp3) is 0.125. The lowest BCUT2D eigenvalue weighted by atomic mass is 10.2. The van der Waals surface area contributed by atoms with Crippen molar-refractivity contribution in [1.29, 1.82) is 0 Å². The third-order valence-corrected chi connectivity index (χ3v) is 3.89. The molecule has 1 heterocycles. The molecule has 0 aromatic heterocycles. The van der Waals surface area contributed by atoms with Crippen molar-refractivity contribution in [3.8, 4) is 0 Å². The molecule has 0 saturated carbocycles. The van der Waals surface area contributed by atoms with E-state index in [1.165, 1.54) is 0 Å². The van der Waals surface area contributed by atoms with Crippen LogP contribution in [0.3, 0.4) is 0 Å². The molecule has 7 heteroatoms. The van der Waals surface area contributed by atoms with Gasteiger partial charge >= 0.3 is 6.03 Å². The molecule has 118 valence electrons. The van der Waals surface area contributed by atoms with Gasteiger partial charge in [-0.2, -0.15) is 0 Å². The Balaban J connectivity index is 1.62. The lowest BCUT2D eigenvalue weighted by molar-refractivity contribution is 0.262. The zero-order chi connectivity index (χ0) is 16.2. The van der Waals surface area contributed by atoms with Crippen molar-refractivity contribution in [2.45, 2.75) is 0 Å². The van der Waals surface area contributed by atoms with Crippen LogP contribution < -0.4 is 10.6 Å². The Kier molecular flexibility index (Phi) is 4.69. The molecule has 0 unspecified atom stereocenters. The molecule has 0 fully saturated rings. The van der Waals surface area contributed by atoms with Gasteiger partial charge in [-0.1, -0.05) is 23.2 Å². The summed E-state index contributed by atoms with van der Waals surface area (Å²) in [6, 6.07) is 11.8. The van der Waals surface area contributed by atoms with Crippen LogP contribution >= 0.6 is 23.2 Å². The van der Waals surface area contributed by atoms with Crippen LogP contribution in [0.4, 0.5) is 16.2 Å². The number of hydrogen-bond acceptors (Lipinski definition) is 3. The number of carbonyl (C=O) groups excluding carboxylic acids is 1. The fourth-order valence-electron chi connectivity index (χ4n) is 2.07. The molecule has 0 aliphatic carbocycles. The number of anilines is 2. The van der Waals surface area contributed by atoms with Crippen molar-refractivity contribution in [3.63, 3.8) is 0 Å². The Morgan fingerprint density at radius 1 is 1.00 bits per heavy atom. The molecule has 5 nitrogen and oxygen atoms in total. The van der Waals surface area contributed by atoms with Gasteiger partial charge in [0.1, 0.15) is 6.61 Å². The maximum atomic E-state index is 12.0. The lowest BCUT2D eigenvalue weighted by Crippen LogP contribution is -2.19. The summed E-state index contributed by atoms with van der Waals surface area (Å²) in [6.07, 6.45) is 0. The van der Waals surface area contributed by atoms with Crippen LogP contribution in [-0.4, -0.2) is 25.1 Å². The quantitative estimate of drug-likeness (QED) is 0.861. The van der Waals surface area contributed by atoms with Gasteiger partial charge in [0, 0.05) is 16.9 Å². The van der Waals surface area contributed by atoms with Gasteiger partial charge in [-0.15, -0.1) is 0 Å². The van der Waals surface area contributed by atoms with Crippen molar-refractivity contribution in [2.24, 2.45) is 4.99 Å². The van der Waals surface area contributed by atoms with Crippen LogP contribution in [-0.2, 0) is 4.74 Å². The number of rotatable bonds is 3. The zero-order valence-corrected chi connectivity index (χ0v) is 13.5. The maximum Gasteiger partial charge on any atom is 0.323 e. The Hall–Kier alpha value is -2.24. The SMILES string of the molecule is O=C(Nc1ccc(C2=NCCO2)cc1)Nc1ccc(Cl)c(Cl)c1. The molecular weight excluding hydrogens is 337 g/mol. The van der Waals surface area contributed by atoms with Gasteiger partial charge in [0.15, 0.2) is 0 Å². The van der Waals surface area contributed by atoms with E-state index in [9.17, 15) is 4.79 Å². The second kappa shape index (κ2) is 6.89. The molecule has 0 radical (unpaired) electrons. The summed E-state index contributed by atoms with van der Waals surface area (Å²) >= 11 is 11.7. The average molecular weight is 350 g/mol. The molecule has 2 aromatic rings. The van der Waals surface area contributed by atoms with E-state index >= 15 is 0 Å². The molecule has 2 aromatic carbocycles. The van der Waals surface area contributed by atoms with Crippen molar-refractivity contribution in [3.05, 3.63) is 58.1 Å². The van der Waals surface area contributed by atoms with Crippen LogP contribution in [0.25, 0.3) is 0 Å². The molecule has 1 aliphatic heterocycles. The van der Waals surface area contributed by atoms with Gasteiger partial charge in [-0.25, -0.2) is 9.79 Å². The van der Waals surface area contributed by atoms with Gasteiger partial charge in [0.05, 0.1) is 16.6 Å². The summed E-state index contributed by atoms with van der Waals surface area (Å²) < 4.78 is 5.39. The summed E-state index contributed by atoms with van der Waals surface area (Å²) in [4.78, 5) is 16.2. The Morgan fingerprint density at radius 2 is 1.70 bits per heavy atom. The summed E-state index contributed by atoms with van der Waals surface area (Å²) in [5.74, 6) is 0.636. The highest BCUT2D eigenvalue weighted by atomic mass is 35.5. The van der Waals surface area contributed by atoms with Crippen molar-refractivity contribution in [2.75, 3.05) is 23.8 Å². The van der Waals surface area contributed by atoms with E-state index in [0.29, 0.717) is 40.5 Å². The van der Waals surface area contributed by atoms with Crippen LogP contribution in [0.2, 0.25) is 10.0 Å². The number of halogens is 2. The number of nitrogens with zero attached hydrogens (tertiary/aromatic N) is 1. The van der Waals surface area contributed by atoms with E-state index in [1.54, 1.807) is 30.3 Å². The largest absolute Gasteiger partial charge is 0.476 e. The van der Waals surface area contributed by atoms with Crippen LogP contribution in [0.1, 0.15) is 5.56 Å². The minimum Gasteiger partial charge on any atom is -0.476 e. The summed E-state index contributed by atoms with van der Waals surface area (Å²) in [5, 5.41) is 6.24. The third kappa shape index (κ3) is 3.94. The Bertz CT molecular complexity index is 760. The number of benzene rings is 2. The van der Waals surface area contributed by atoms with Gasteiger partial charge in [-0.05, 0) is 42.5 Å². The summed E-state index contributed by atoms with van der Waals surface area (Å²) in [5.41, 5.74) is 2.10. The zero-order valence-electron chi connectivity index (χ0n) is 12.0. The molecular formula is C16H13Cl2N3O2. The normalized spacial score (nSPS) is 13.2. The number of aliphatic imine (C=N–C) groups is 1. The fourth-order valence-corrected chi connectivity index (χ4v) is 2.37. The van der Waals surface area contributed by atoms with E-state index in [2.05, 4.69) is 15.6 Å². The number of hydrogen-bond donors (Lipinski definition) is 2. The highest BCUT2D eigenvalue weighted by Crippen LogP contribution is 2.25. The first-order valence-electron chi connectivity index (χ1n) is 6.92. The lowest BCUT2D eigenvalue weighted by Gasteiger charge is -2.09. The monoisotopic (exact) mass is 349 g/mol. The molecule has 23 heavy (non-hydrogen) atoms. The Labute approximate surface area is 143 Å². The number of ether oxygens (including phenoxy) is 1. The molecule has 0 atom stereocenters. The van der Waals surface area contributed by atoms with Crippen molar-refractivity contribution in [1.82, 2.24) is 0 Å². The van der Waals surface area contributed by atoms with E-state index in [-0.39, 0.29) is 6.03 Å². The average Bonchev–Trinajstić information content (AvgIpc) is 3.06. The number of carbonyl (C=O) groups is 1. The van der Waals surface area contributed by atoms with Crippen LogP contribution in [0.15, 0.2) is 47.5 Å². The Morgan fingerprint density at radius 3 is 2.35 bits per heavy atom.